The van der Waals surface area contributed by atoms with Crippen LogP contribution in [0.2, 0.25) is 0 Å². The third-order valence-electron chi connectivity index (χ3n) is 6.70. The summed E-state index contributed by atoms with van der Waals surface area (Å²) >= 11 is 0. The number of H-pyrrole nitrogens is 1. The number of hydrogen-bond acceptors (Lipinski definition) is 6. The Kier molecular flexibility index (Phi) is 7.57. The molecule has 4 N–H and O–H groups in total. The minimum atomic E-state index is -0.975. The lowest BCUT2D eigenvalue weighted by molar-refractivity contribution is -0.146. The Labute approximate surface area is 203 Å². The van der Waals surface area contributed by atoms with Gasteiger partial charge in [0.15, 0.2) is 0 Å². The molecule has 188 valence electrons. The zero-order valence-corrected chi connectivity index (χ0v) is 20.0. The van der Waals surface area contributed by atoms with E-state index < -0.39 is 29.9 Å². The van der Waals surface area contributed by atoms with E-state index in [0.29, 0.717) is 36.7 Å². The fourth-order valence-corrected chi connectivity index (χ4v) is 4.56. The molecule has 35 heavy (non-hydrogen) atoms. The highest BCUT2D eigenvalue weighted by molar-refractivity contribution is 6.01. The van der Waals surface area contributed by atoms with Crippen molar-refractivity contribution in [3.8, 4) is 5.75 Å². The molecule has 2 aromatic rings. The van der Waals surface area contributed by atoms with Crippen LogP contribution in [0.1, 0.15) is 49.0 Å². The molecule has 1 unspecified atom stereocenters. The number of hydrogen-bond donors (Lipinski definition) is 4. The van der Waals surface area contributed by atoms with Crippen molar-refractivity contribution in [3.05, 3.63) is 30.0 Å². The van der Waals surface area contributed by atoms with Gasteiger partial charge in [-0.3, -0.25) is 14.4 Å². The number of carbonyl (C=O) groups excluding carboxylic acids is 4. The van der Waals surface area contributed by atoms with Gasteiger partial charge in [0.05, 0.1) is 14.2 Å². The fraction of sp³-hybridized carbons (Fsp3) is 0.520. The number of esters is 1. The van der Waals surface area contributed by atoms with E-state index in [1.165, 1.54) is 7.11 Å². The minimum absolute atomic E-state index is 0.128. The first-order chi connectivity index (χ1) is 16.9. The van der Waals surface area contributed by atoms with Gasteiger partial charge in [-0.2, -0.15) is 0 Å². The van der Waals surface area contributed by atoms with Crippen LogP contribution in [0.25, 0.3) is 10.9 Å². The highest BCUT2D eigenvalue weighted by atomic mass is 16.5. The molecule has 1 aliphatic heterocycles. The number of fused-ring (bicyclic) bond motifs is 1. The normalized spacial score (nSPS) is 19.4. The van der Waals surface area contributed by atoms with Crippen molar-refractivity contribution in [2.75, 3.05) is 20.8 Å². The number of nitrogens with one attached hydrogen (secondary N) is 4. The first kappa shape index (κ1) is 24.6. The Bertz CT molecular complexity index is 1110. The van der Waals surface area contributed by atoms with Gasteiger partial charge in [0.1, 0.15) is 23.5 Å². The van der Waals surface area contributed by atoms with Gasteiger partial charge in [-0.1, -0.05) is 18.9 Å². The number of piperidine rings is 1. The molecule has 0 radical (unpaired) electrons. The van der Waals surface area contributed by atoms with Gasteiger partial charge in [0.2, 0.25) is 11.8 Å². The molecule has 2 aliphatic rings. The van der Waals surface area contributed by atoms with Gasteiger partial charge in [0.25, 0.3) is 5.91 Å². The lowest BCUT2D eigenvalue weighted by Crippen LogP contribution is -2.53. The average molecular weight is 485 g/mol. The monoisotopic (exact) mass is 484 g/mol. The third kappa shape index (κ3) is 5.93. The number of aromatic nitrogens is 1. The largest absolute Gasteiger partial charge is 0.496 e. The van der Waals surface area contributed by atoms with Gasteiger partial charge in [-0.05, 0) is 49.8 Å². The van der Waals surface area contributed by atoms with E-state index in [4.69, 9.17) is 9.47 Å². The lowest BCUT2D eigenvalue weighted by atomic mass is 9.91. The second kappa shape index (κ2) is 10.8. The highest BCUT2D eigenvalue weighted by Crippen LogP contribution is 2.34. The third-order valence-corrected chi connectivity index (χ3v) is 6.70. The maximum absolute atomic E-state index is 13.2. The van der Waals surface area contributed by atoms with Crippen molar-refractivity contribution in [3.63, 3.8) is 0 Å². The Morgan fingerprint density at radius 2 is 1.89 bits per heavy atom. The molecule has 3 atom stereocenters. The van der Waals surface area contributed by atoms with Crippen LogP contribution in [-0.2, 0) is 19.1 Å². The van der Waals surface area contributed by atoms with E-state index in [2.05, 4.69) is 20.9 Å². The van der Waals surface area contributed by atoms with E-state index in [9.17, 15) is 19.2 Å². The average Bonchev–Trinajstić information content (AvgIpc) is 3.57. The molecule has 2 heterocycles. The van der Waals surface area contributed by atoms with E-state index >= 15 is 0 Å². The summed E-state index contributed by atoms with van der Waals surface area (Å²) in [5.41, 5.74) is 1.05. The van der Waals surface area contributed by atoms with Gasteiger partial charge in [0, 0.05) is 23.4 Å². The van der Waals surface area contributed by atoms with Crippen molar-refractivity contribution in [2.45, 2.75) is 50.6 Å². The predicted molar refractivity (Wildman–Crippen MR) is 128 cm³/mol. The van der Waals surface area contributed by atoms with E-state index in [-0.39, 0.29) is 18.2 Å². The zero-order valence-electron chi connectivity index (χ0n) is 20.0. The molecule has 1 aliphatic carbocycles. The Morgan fingerprint density at radius 3 is 2.57 bits per heavy atom. The Hall–Kier alpha value is -3.56. The summed E-state index contributed by atoms with van der Waals surface area (Å²) in [6.45, 7) is 0.611. The van der Waals surface area contributed by atoms with Gasteiger partial charge in [-0.15, -0.1) is 0 Å². The van der Waals surface area contributed by atoms with Crippen molar-refractivity contribution in [1.29, 1.82) is 0 Å². The molecule has 3 amide bonds. The maximum Gasteiger partial charge on any atom is 0.328 e. The summed E-state index contributed by atoms with van der Waals surface area (Å²) in [5.74, 6) is -1.04. The summed E-state index contributed by atoms with van der Waals surface area (Å²) in [7, 11) is 2.81. The summed E-state index contributed by atoms with van der Waals surface area (Å²) < 4.78 is 10.2. The molecule has 0 bridgehead atoms. The number of methoxy groups -OCH3 is 2. The van der Waals surface area contributed by atoms with Crippen molar-refractivity contribution in [1.82, 2.24) is 20.9 Å². The molecule has 4 rings (SSSR count). The summed E-state index contributed by atoms with van der Waals surface area (Å²) in [6.07, 6.45) is 4.06. The zero-order chi connectivity index (χ0) is 24.9. The van der Waals surface area contributed by atoms with Gasteiger partial charge in [-0.25, -0.2) is 4.79 Å². The second-order valence-electron chi connectivity index (χ2n) is 9.26. The molecule has 2 fully saturated rings. The topological polar surface area (TPSA) is 139 Å². The first-order valence-corrected chi connectivity index (χ1v) is 12.0. The van der Waals surface area contributed by atoms with Crippen LogP contribution < -0.4 is 20.7 Å². The van der Waals surface area contributed by atoms with Crippen LogP contribution in [0.4, 0.5) is 0 Å². The standard InChI is InChI=1S/C25H32N4O6/c1-34-21-7-3-6-17-16(21)13-19(27-17)24(32)28-18(11-14-8-9-14)23(31)29-20(25(33)35-2)12-15-5-4-10-26-22(15)30/h3,6-7,13-15,18,20,27H,4-5,8-12H2,1-2H3,(H,26,30)(H,28,32)(H,29,31)/t15-,18?,20-/m0/s1. The number of rotatable bonds is 10. The van der Waals surface area contributed by atoms with Crippen LogP contribution in [0, 0.1) is 11.8 Å². The molecular formula is C25H32N4O6. The van der Waals surface area contributed by atoms with E-state index in [0.717, 1.165) is 30.2 Å². The molecule has 1 aromatic heterocycles. The van der Waals surface area contributed by atoms with Crippen molar-refractivity contribution in [2.24, 2.45) is 11.8 Å². The second-order valence-corrected chi connectivity index (χ2v) is 9.26. The number of amides is 3. The van der Waals surface area contributed by atoms with Gasteiger partial charge < -0.3 is 30.4 Å². The molecular weight excluding hydrogens is 452 g/mol. The van der Waals surface area contributed by atoms with Crippen LogP contribution >= 0.6 is 0 Å². The maximum atomic E-state index is 13.2. The van der Waals surface area contributed by atoms with E-state index in [1.807, 2.05) is 12.1 Å². The lowest BCUT2D eigenvalue weighted by Gasteiger charge is -2.27. The number of benzene rings is 1. The molecule has 10 heteroatoms. The minimum Gasteiger partial charge on any atom is -0.496 e. The number of carbonyl (C=O) groups is 4. The Balaban J connectivity index is 1.47. The summed E-state index contributed by atoms with van der Waals surface area (Å²) in [5, 5.41) is 9.11. The van der Waals surface area contributed by atoms with Crippen LogP contribution in [0.5, 0.6) is 5.75 Å². The number of ether oxygens (including phenoxy) is 2. The predicted octanol–water partition coefficient (Wildman–Crippen LogP) is 1.65. The van der Waals surface area contributed by atoms with Crippen LogP contribution in [0.15, 0.2) is 24.3 Å². The summed E-state index contributed by atoms with van der Waals surface area (Å²) in [4.78, 5) is 54.0. The SMILES string of the molecule is COC(=O)[C@H](C[C@@H]1CCCNC1=O)NC(=O)C(CC1CC1)NC(=O)c1cc2c(OC)cccc2[nH]1. The first-order valence-electron chi connectivity index (χ1n) is 12.0. The van der Waals surface area contributed by atoms with Crippen molar-refractivity contribution < 1.29 is 28.7 Å². The fourth-order valence-electron chi connectivity index (χ4n) is 4.56. The van der Waals surface area contributed by atoms with Crippen molar-refractivity contribution >= 4 is 34.6 Å². The molecule has 1 saturated carbocycles. The van der Waals surface area contributed by atoms with Crippen LogP contribution in [-0.4, -0.2) is 61.5 Å². The smallest absolute Gasteiger partial charge is 0.328 e. The highest BCUT2D eigenvalue weighted by Gasteiger charge is 2.35. The van der Waals surface area contributed by atoms with E-state index in [1.54, 1.807) is 19.2 Å². The molecule has 1 saturated heterocycles. The van der Waals surface area contributed by atoms with Gasteiger partial charge >= 0.3 is 5.97 Å². The molecule has 1 aromatic carbocycles. The quantitative estimate of drug-likeness (QED) is 0.378. The molecule has 0 spiro atoms. The number of aromatic amines is 1. The Morgan fingerprint density at radius 1 is 1.09 bits per heavy atom. The summed E-state index contributed by atoms with van der Waals surface area (Å²) in [6, 6.07) is 5.36. The molecule has 10 nitrogen and oxygen atoms in total. The van der Waals surface area contributed by atoms with Crippen LogP contribution in [0.3, 0.4) is 0 Å².